The summed E-state index contributed by atoms with van der Waals surface area (Å²) in [6.07, 6.45) is 0. The Bertz CT molecular complexity index is 7720. The molecule has 21 aromatic rings. The lowest BCUT2D eigenvalue weighted by molar-refractivity contribution is 0.809. The standard InChI is InChI=1S/C108H62N4/c1-2-27-63(28-3-1)64-53-55-65(56-54-64)103-84-46-19-24-51-95(84)109-105(111-103)87-61-90-98-79-41-11-5-32-70(79)72-34-7-15-45-83(72)102(98)108(100(90)81-43-13-9-36-74(81)87)93-50-23-18-39-77(93)86-60-67(57-58-94(86)108)66-29-26-30-68(59-66)104-85-47-20-25-52-96(85)110-106(112-104)88-62-89-97-78-40-10-4-31-69(78)71-33-6-14-44-82(71)101(97)107(99(89)80-42-12-8-35-73(80)88)91-48-21-16-37-75(91)76-38-17-22-49-92(76)107/h1-62H. The van der Waals surface area contributed by atoms with E-state index in [2.05, 4.69) is 376 Å². The second kappa shape index (κ2) is 23.0. The van der Waals surface area contributed by atoms with Gasteiger partial charge in [0.25, 0.3) is 0 Å². The van der Waals surface area contributed by atoms with E-state index >= 15 is 0 Å². The Morgan fingerprint density at radius 3 is 0.973 bits per heavy atom. The Morgan fingerprint density at radius 2 is 0.482 bits per heavy atom. The molecule has 4 heteroatoms. The van der Waals surface area contributed by atoms with E-state index in [0.717, 1.165) is 82.9 Å². The summed E-state index contributed by atoms with van der Waals surface area (Å²) in [6.45, 7) is 0. The molecule has 0 fully saturated rings. The second-order valence-electron chi connectivity index (χ2n) is 30.7. The summed E-state index contributed by atoms with van der Waals surface area (Å²) in [4.78, 5) is 22.8. The summed E-state index contributed by atoms with van der Waals surface area (Å²) < 4.78 is 0. The van der Waals surface area contributed by atoms with Crippen LogP contribution in [0.3, 0.4) is 0 Å². The number of nitrogens with zero attached hydrogens (tertiary/aromatic N) is 4. The number of rotatable bonds is 6. The maximum atomic E-state index is 5.88. The number of hydrogen-bond acceptors (Lipinski definition) is 4. The number of benzene rings is 19. The van der Waals surface area contributed by atoms with E-state index in [1.807, 2.05) is 0 Å². The van der Waals surface area contributed by atoms with E-state index in [-0.39, 0.29) is 0 Å². The van der Waals surface area contributed by atoms with Crippen LogP contribution in [-0.4, -0.2) is 19.9 Å². The fourth-order valence-electron chi connectivity index (χ4n) is 21.1. The lowest BCUT2D eigenvalue weighted by atomic mass is 9.68. The smallest absolute Gasteiger partial charge is 0.161 e. The molecular weight excluding hydrogens is 1350 g/mol. The van der Waals surface area contributed by atoms with Crippen molar-refractivity contribution in [2.45, 2.75) is 10.8 Å². The highest BCUT2D eigenvalue weighted by Crippen LogP contribution is 2.70. The fraction of sp³-hybridized carbons (Fsp3) is 0.0185. The molecule has 4 aliphatic rings. The van der Waals surface area contributed by atoms with Crippen LogP contribution in [0.15, 0.2) is 376 Å². The third-order valence-electron chi connectivity index (χ3n) is 25.4. The molecule has 0 aliphatic heterocycles. The summed E-state index contributed by atoms with van der Waals surface area (Å²) in [6, 6.07) is 140. The molecule has 0 amide bonds. The van der Waals surface area contributed by atoms with Gasteiger partial charge in [-0.1, -0.05) is 340 Å². The Labute approximate surface area is 645 Å². The van der Waals surface area contributed by atoms with Crippen LogP contribution >= 0.6 is 0 Å². The maximum absolute atomic E-state index is 5.88. The van der Waals surface area contributed by atoms with Gasteiger partial charge in [0.15, 0.2) is 11.6 Å². The highest BCUT2D eigenvalue weighted by atomic mass is 14.9. The molecule has 4 aliphatic carbocycles. The predicted molar refractivity (Wildman–Crippen MR) is 463 cm³/mol. The lowest BCUT2D eigenvalue weighted by Crippen LogP contribution is -2.26. The minimum atomic E-state index is -0.748. The van der Waals surface area contributed by atoms with Gasteiger partial charge < -0.3 is 0 Å². The first kappa shape index (κ1) is 61.4. The number of para-hydroxylation sites is 2. The average Bonchev–Trinajstić information content (AvgIpc) is 1.49. The third kappa shape index (κ3) is 8.13. The molecule has 112 heavy (non-hydrogen) atoms. The van der Waals surface area contributed by atoms with E-state index in [9.17, 15) is 0 Å². The summed E-state index contributed by atoms with van der Waals surface area (Å²) in [5.74, 6) is 1.38. The summed E-state index contributed by atoms with van der Waals surface area (Å²) in [7, 11) is 0. The Balaban J connectivity index is 0.683. The van der Waals surface area contributed by atoms with Gasteiger partial charge >= 0.3 is 0 Å². The lowest BCUT2D eigenvalue weighted by Gasteiger charge is -2.33. The number of fused-ring (bicyclic) bond motifs is 36. The number of hydrogen-bond donors (Lipinski definition) is 0. The van der Waals surface area contributed by atoms with Crippen molar-refractivity contribution in [1.82, 2.24) is 19.9 Å². The first-order chi connectivity index (χ1) is 55.6. The summed E-state index contributed by atoms with van der Waals surface area (Å²) in [5.41, 5.74) is 31.2. The van der Waals surface area contributed by atoms with Crippen molar-refractivity contribution in [3.63, 3.8) is 0 Å². The van der Waals surface area contributed by atoms with Crippen molar-refractivity contribution >= 4 is 86.4 Å². The van der Waals surface area contributed by atoms with E-state index in [4.69, 9.17) is 19.9 Å². The molecule has 2 heterocycles. The summed E-state index contributed by atoms with van der Waals surface area (Å²) >= 11 is 0. The zero-order valence-corrected chi connectivity index (χ0v) is 60.6. The molecule has 1 atom stereocenters. The van der Waals surface area contributed by atoms with Crippen molar-refractivity contribution < 1.29 is 0 Å². The topological polar surface area (TPSA) is 51.6 Å². The quantitative estimate of drug-likeness (QED) is 0.156. The monoisotopic (exact) mass is 1410 g/mol. The third-order valence-corrected chi connectivity index (χ3v) is 25.4. The molecule has 19 aromatic carbocycles. The Morgan fingerprint density at radius 1 is 0.161 bits per heavy atom. The van der Waals surface area contributed by atoms with Crippen molar-refractivity contribution in [3.8, 4) is 112 Å². The molecule has 1 unspecified atom stereocenters. The largest absolute Gasteiger partial charge is 0.228 e. The van der Waals surface area contributed by atoms with Crippen LogP contribution in [0.1, 0.15) is 44.5 Å². The van der Waals surface area contributed by atoms with Gasteiger partial charge in [-0.15, -0.1) is 0 Å². The normalized spacial score (nSPS) is 14.4. The van der Waals surface area contributed by atoms with Gasteiger partial charge in [-0.3, -0.25) is 0 Å². The van der Waals surface area contributed by atoms with Gasteiger partial charge in [0.05, 0.1) is 33.3 Å². The van der Waals surface area contributed by atoms with Crippen LogP contribution in [0.25, 0.3) is 198 Å². The molecule has 4 nitrogen and oxygen atoms in total. The van der Waals surface area contributed by atoms with Crippen molar-refractivity contribution in [2.75, 3.05) is 0 Å². The van der Waals surface area contributed by atoms with Crippen molar-refractivity contribution in [3.05, 3.63) is 421 Å². The molecule has 0 bridgehead atoms. The molecule has 2 spiro atoms. The van der Waals surface area contributed by atoms with Gasteiger partial charge in [0.2, 0.25) is 0 Å². The van der Waals surface area contributed by atoms with Crippen LogP contribution < -0.4 is 0 Å². The molecule has 0 saturated heterocycles. The van der Waals surface area contributed by atoms with Crippen LogP contribution in [-0.2, 0) is 10.8 Å². The van der Waals surface area contributed by atoms with Crippen LogP contribution in [0.2, 0.25) is 0 Å². The molecular formula is C108H62N4. The van der Waals surface area contributed by atoms with Crippen molar-refractivity contribution in [1.29, 1.82) is 0 Å². The van der Waals surface area contributed by atoms with Crippen LogP contribution in [0.5, 0.6) is 0 Å². The van der Waals surface area contributed by atoms with E-state index in [0.29, 0.717) is 11.6 Å². The first-order valence-corrected chi connectivity index (χ1v) is 38.8. The van der Waals surface area contributed by atoms with Gasteiger partial charge in [-0.25, -0.2) is 19.9 Å². The number of aromatic nitrogens is 4. The predicted octanol–water partition coefficient (Wildman–Crippen LogP) is 27.2. The Kier molecular flexibility index (Phi) is 12.6. The Hall–Kier alpha value is -14.6. The molecule has 514 valence electrons. The van der Waals surface area contributed by atoms with E-state index in [1.54, 1.807) is 0 Å². The SMILES string of the molecule is c1ccc(-c2ccc(-c3nc(-c4cc5c(c6ccccc46)C4(c6ccccc6-c6cc(-c7cccc(-c8nc(-c9cc%10c(c%11ccccc9%11)C9(c%11ccccc%11-c%11ccccc%119)c9c-%10c%10ccccc%10c%10ccccc9%10)nc9ccccc89)c7)ccc64)c4c-5c5ccccc5c5ccccc45)nc4ccccc34)cc2)cc1. The molecule has 0 saturated carbocycles. The van der Waals surface area contributed by atoms with Gasteiger partial charge in [0.1, 0.15) is 0 Å². The first-order valence-electron chi connectivity index (χ1n) is 38.8. The highest BCUT2D eigenvalue weighted by Gasteiger charge is 2.56. The molecule has 0 N–H and O–H groups in total. The summed E-state index contributed by atoms with van der Waals surface area (Å²) in [5, 5.41) is 16.5. The zero-order chi connectivity index (χ0) is 73.1. The highest BCUT2D eigenvalue weighted by molar-refractivity contribution is 6.25. The zero-order valence-electron chi connectivity index (χ0n) is 60.6. The van der Waals surface area contributed by atoms with Crippen LogP contribution in [0, 0.1) is 0 Å². The van der Waals surface area contributed by atoms with Crippen molar-refractivity contribution in [2.24, 2.45) is 0 Å². The maximum Gasteiger partial charge on any atom is 0.161 e. The second-order valence-corrected chi connectivity index (χ2v) is 30.7. The van der Waals surface area contributed by atoms with E-state index in [1.165, 1.54) is 148 Å². The van der Waals surface area contributed by atoms with Crippen LogP contribution in [0.4, 0.5) is 0 Å². The van der Waals surface area contributed by atoms with Gasteiger partial charge in [-0.05, 0) is 212 Å². The fourth-order valence-corrected chi connectivity index (χ4v) is 21.1. The minimum Gasteiger partial charge on any atom is -0.228 e. The molecule has 0 radical (unpaired) electrons. The molecule has 25 rings (SSSR count). The van der Waals surface area contributed by atoms with Gasteiger partial charge in [0, 0.05) is 33.0 Å². The average molecular weight is 1420 g/mol. The minimum absolute atomic E-state index is 0.623. The molecule has 2 aromatic heterocycles. The van der Waals surface area contributed by atoms with E-state index < -0.39 is 10.8 Å². The van der Waals surface area contributed by atoms with Gasteiger partial charge in [-0.2, -0.15) is 0 Å².